The Hall–Kier alpha value is -0.450. The zero-order chi connectivity index (χ0) is 12.9. The van der Waals surface area contributed by atoms with Crippen LogP contribution in [0.1, 0.15) is 32.3 Å². The fraction of sp³-hybridized carbons (Fsp3) is 0.538. The van der Waals surface area contributed by atoms with Crippen molar-refractivity contribution in [3.05, 3.63) is 34.1 Å². The minimum Gasteiger partial charge on any atom is -0.385 e. The molecule has 0 aliphatic heterocycles. The number of halogens is 2. The van der Waals surface area contributed by atoms with Crippen molar-refractivity contribution in [1.82, 2.24) is 5.32 Å². The number of nitrogens with one attached hydrogen (secondary N) is 1. The Morgan fingerprint density at radius 2 is 2.12 bits per heavy atom. The van der Waals surface area contributed by atoms with Crippen molar-refractivity contribution in [3.63, 3.8) is 0 Å². The summed E-state index contributed by atoms with van der Waals surface area (Å²) >= 11 is 3.13. The Balaban J connectivity index is 2.71. The lowest BCUT2D eigenvalue weighted by molar-refractivity contribution is 0.0443. The summed E-state index contributed by atoms with van der Waals surface area (Å²) in [4.78, 5) is 0. The van der Waals surface area contributed by atoms with Crippen molar-refractivity contribution in [2.24, 2.45) is 0 Å². The molecule has 0 aliphatic rings. The fourth-order valence-electron chi connectivity index (χ4n) is 1.69. The fourth-order valence-corrected chi connectivity index (χ4v) is 2.05. The molecule has 4 heteroatoms. The molecular formula is C13H19BrFNO. The van der Waals surface area contributed by atoms with Crippen LogP contribution >= 0.6 is 15.9 Å². The van der Waals surface area contributed by atoms with Gasteiger partial charge in [0.2, 0.25) is 0 Å². The third-order valence-electron chi connectivity index (χ3n) is 2.75. The number of rotatable bonds is 6. The second-order valence-electron chi connectivity index (χ2n) is 4.38. The molecule has 0 saturated heterocycles. The van der Waals surface area contributed by atoms with Crippen molar-refractivity contribution < 1.29 is 9.50 Å². The molecule has 2 nitrogen and oxygen atoms in total. The highest BCUT2D eigenvalue weighted by Crippen LogP contribution is 2.30. The van der Waals surface area contributed by atoms with E-state index in [4.69, 9.17) is 0 Å². The highest BCUT2D eigenvalue weighted by Gasteiger charge is 2.26. The van der Waals surface area contributed by atoms with Crippen LogP contribution in [-0.4, -0.2) is 18.2 Å². The molecule has 0 aromatic heterocycles. The maximum Gasteiger partial charge on any atom is 0.143 e. The lowest BCUT2D eigenvalue weighted by Crippen LogP contribution is -2.29. The Kier molecular flexibility index (Phi) is 5.56. The van der Waals surface area contributed by atoms with Crippen molar-refractivity contribution in [2.45, 2.75) is 32.3 Å². The second kappa shape index (κ2) is 6.47. The molecule has 0 radical (unpaired) electrons. The minimum atomic E-state index is -1.14. The Bertz CT molecular complexity index is 368. The van der Waals surface area contributed by atoms with Crippen LogP contribution in [0.3, 0.4) is 0 Å². The van der Waals surface area contributed by atoms with Gasteiger partial charge in [-0.3, -0.25) is 0 Å². The predicted molar refractivity (Wildman–Crippen MR) is 71.4 cm³/mol. The first-order chi connectivity index (χ1) is 7.99. The molecule has 0 saturated carbocycles. The lowest BCUT2D eigenvalue weighted by Gasteiger charge is -2.25. The summed E-state index contributed by atoms with van der Waals surface area (Å²) in [5.41, 5.74) is -0.806. The average molecular weight is 304 g/mol. The summed E-state index contributed by atoms with van der Waals surface area (Å²) in [7, 11) is 0. The van der Waals surface area contributed by atoms with Crippen molar-refractivity contribution >= 4 is 15.9 Å². The molecular weight excluding hydrogens is 285 g/mol. The molecule has 0 heterocycles. The van der Waals surface area contributed by atoms with Crippen LogP contribution in [0, 0.1) is 5.82 Å². The maximum atomic E-state index is 13.8. The molecule has 1 rings (SSSR count). The van der Waals surface area contributed by atoms with Crippen molar-refractivity contribution in [3.8, 4) is 0 Å². The zero-order valence-corrected chi connectivity index (χ0v) is 11.8. The van der Waals surface area contributed by atoms with Gasteiger partial charge in [0.25, 0.3) is 0 Å². The Labute approximate surface area is 110 Å². The van der Waals surface area contributed by atoms with Gasteiger partial charge in [0.1, 0.15) is 5.82 Å². The summed E-state index contributed by atoms with van der Waals surface area (Å²) in [5.74, 6) is -0.381. The molecule has 0 spiro atoms. The van der Waals surface area contributed by atoms with E-state index in [9.17, 15) is 9.50 Å². The SMILES string of the molecule is CCCNCCC(C)(O)c1cccc(Br)c1F. The van der Waals surface area contributed by atoms with Crippen LogP contribution < -0.4 is 5.32 Å². The van der Waals surface area contributed by atoms with E-state index in [0.717, 1.165) is 13.0 Å². The van der Waals surface area contributed by atoms with Crippen LogP contribution in [0.5, 0.6) is 0 Å². The normalized spacial score (nSPS) is 14.6. The first-order valence-corrected chi connectivity index (χ1v) is 6.66. The second-order valence-corrected chi connectivity index (χ2v) is 5.23. The average Bonchev–Trinajstić information content (AvgIpc) is 2.28. The standard InChI is InChI=1S/C13H19BrFNO/c1-3-8-16-9-7-13(2,17)10-5-4-6-11(14)12(10)15/h4-6,16-17H,3,7-9H2,1-2H3. The molecule has 17 heavy (non-hydrogen) atoms. The highest BCUT2D eigenvalue weighted by atomic mass is 79.9. The summed E-state index contributed by atoms with van der Waals surface area (Å²) in [6, 6.07) is 4.99. The molecule has 2 N–H and O–H groups in total. The summed E-state index contributed by atoms with van der Waals surface area (Å²) < 4.78 is 14.2. The largest absolute Gasteiger partial charge is 0.385 e. The van der Waals surface area contributed by atoms with Gasteiger partial charge in [-0.2, -0.15) is 0 Å². The van der Waals surface area contributed by atoms with E-state index in [0.29, 0.717) is 23.0 Å². The van der Waals surface area contributed by atoms with Gasteiger partial charge in [0, 0.05) is 5.56 Å². The summed E-state index contributed by atoms with van der Waals surface area (Å²) in [6.45, 7) is 5.31. The monoisotopic (exact) mass is 303 g/mol. The van der Waals surface area contributed by atoms with Gasteiger partial charge in [-0.1, -0.05) is 19.1 Å². The molecule has 1 unspecified atom stereocenters. The van der Waals surface area contributed by atoms with E-state index in [2.05, 4.69) is 28.2 Å². The molecule has 1 aromatic carbocycles. The molecule has 1 atom stereocenters. The summed E-state index contributed by atoms with van der Waals surface area (Å²) in [5, 5.41) is 13.5. The van der Waals surface area contributed by atoms with Gasteiger partial charge >= 0.3 is 0 Å². The molecule has 96 valence electrons. The van der Waals surface area contributed by atoms with Gasteiger partial charge in [-0.05, 0) is 54.9 Å². The number of benzene rings is 1. The highest BCUT2D eigenvalue weighted by molar-refractivity contribution is 9.10. The van der Waals surface area contributed by atoms with Gasteiger partial charge in [-0.25, -0.2) is 4.39 Å². The van der Waals surface area contributed by atoms with Crippen LogP contribution in [0.15, 0.2) is 22.7 Å². The Morgan fingerprint density at radius 1 is 1.41 bits per heavy atom. The van der Waals surface area contributed by atoms with Gasteiger partial charge < -0.3 is 10.4 Å². The minimum absolute atomic E-state index is 0.338. The molecule has 0 amide bonds. The van der Waals surface area contributed by atoms with E-state index < -0.39 is 5.60 Å². The Morgan fingerprint density at radius 3 is 2.76 bits per heavy atom. The van der Waals surface area contributed by atoms with E-state index in [1.165, 1.54) is 0 Å². The van der Waals surface area contributed by atoms with Crippen LogP contribution in [-0.2, 0) is 5.60 Å². The van der Waals surface area contributed by atoms with Gasteiger partial charge in [0.05, 0.1) is 10.1 Å². The third-order valence-corrected chi connectivity index (χ3v) is 3.36. The number of hydrogen-bond donors (Lipinski definition) is 2. The zero-order valence-electron chi connectivity index (χ0n) is 10.3. The summed E-state index contributed by atoms with van der Waals surface area (Å²) in [6.07, 6.45) is 1.54. The van der Waals surface area contributed by atoms with Crippen molar-refractivity contribution in [1.29, 1.82) is 0 Å². The number of hydrogen-bond acceptors (Lipinski definition) is 2. The van der Waals surface area contributed by atoms with Crippen molar-refractivity contribution in [2.75, 3.05) is 13.1 Å². The molecule has 1 aromatic rings. The quantitative estimate of drug-likeness (QED) is 0.791. The topological polar surface area (TPSA) is 32.3 Å². The molecule has 0 bridgehead atoms. The first kappa shape index (κ1) is 14.6. The van der Waals surface area contributed by atoms with E-state index in [1.54, 1.807) is 25.1 Å². The van der Waals surface area contributed by atoms with Crippen LogP contribution in [0.25, 0.3) is 0 Å². The van der Waals surface area contributed by atoms with Gasteiger partial charge in [-0.15, -0.1) is 0 Å². The molecule has 0 fully saturated rings. The smallest absolute Gasteiger partial charge is 0.143 e. The maximum absolute atomic E-state index is 13.8. The molecule has 0 aliphatic carbocycles. The van der Waals surface area contributed by atoms with Gasteiger partial charge in [0.15, 0.2) is 0 Å². The van der Waals surface area contributed by atoms with E-state index >= 15 is 0 Å². The van der Waals surface area contributed by atoms with E-state index in [-0.39, 0.29) is 5.82 Å². The van der Waals surface area contributed by atoms with Crippen LogP contribution in [0.4, 0.5) is 4.39 Å². The number of aliphatic hydroxyl groups is 1. The first-order valence-electron chi connectivity index (χ1n) is 5.86. The van der Waals surface area contributed by atoms with Crippen LogP contribution in [0.2, 0.25) is 0 Å². The third kappa shape index (κ3) is 4.05. The lowest BCUT2D eigenvalue weighted by atomic mass is 9.92. The van der Waals surface area contributed by atoms with E-state index in [1.807, 2.05) is 0 Å². The predicted octanol–water partition coefficient (Wildman–Crippen LogP) is 3.19.